The average molecular weight is 344 g/mol. The molecule has 0 atom stereocenters. The monoisotopic (exact) mass is 343 g/mol. The van der Waals surface area contributed by atoms with Gasteiger partial charge in [0.25, 0.3) is 0 Å². The van der Waals surface area contributed by atoms with Crippen molar-refractivity contribution in [3.63, 3.8) is 0 Å². The fourth-order valence-corrected chi connectivity index (χ4v) is 3.45. The van der Waals surface area contributed by atoms with Gasteiger partial charge in [-0.3, -0.25) is 4.79 Å². The van der Waals surface area contributed by atoms with Crippen molar-refractivity contribution in [2.75, 3.05) is 14.2 Å². The molecule has 0 radical (unpaired) electrons. The lowest BCUT2D eigenvalue weighted by Gasteiger charge is -2.19. The standard InChI is InChI=1S/C20H22ClNO2/c1-22(13-17-12-18(21)8-9-19(17)24-2)20(23)11-14-6-7-15-4-3-5-16(15)10-14/h6-10,12H,3-5,11,13H2,1-2H3. The summed E-state index contributed by atoms with van der Waals surface area (Å²) in [5, 5.41) is 0.644. The number of nitrogens with zero attached hydrogens (tertiary/aromatic N) is 1. The van der Waals surface area contributed by atoms with Gasteiger partial charge in [-0.15, -0.1) is 0 Å². The molecule has 1 aliphatic carbocycles. The molecule has 0 N–H and O–H groups in total. The normalized spacial score (nSPS) is 12.8. The molecular formula is C20H22ClNO2. The molecule has 1 amide bonds. The molecule has 0 spiro atoms. The molecule has 2 aromatic rings. The maximum atomic E-state index is 12.6. The minimum atomic E-state index is 0.0926. The van der Waals surface area contributed by atoms with E-state index >= 15 is 0 Å². The quantitative estimate of drug-likeness (QED) is 0.820. The summed E-state index contributed by atoms with van der Waals surface area (Å²) in [6, 6.07) is 11.9. The molecule has 126 valence electrons. The maximum absolute atomic E-state index is 12.6. The van der Waals surface area contributed by atoms with Crippen LogP contribution in [-0.2, 0) is 30.6 Å². The second kappa shape index (κ2) is 7.27. The third-order valence-corrected chi connectivity index (χ3v) is 4.83. The third kappa shape index (κ3) is 3.73. The number of amides is 1. The minimum absolute atomic E-state index is 0.0926. The highest BCUT2D eigenvalue weighted by atomic mass is 35.5. The zero-order valence-corrected chi connectivity index (χ0v) is 14.9. The number of rotatable bonds is 5. The molecule has 3 rings (SSSR count). The van der Waals surface area contributed by atoms with Crippen molar-refractivity contribution in [1.82, 2.24) is 4.90 Å². The molecule has 0 heterocycles. The van der Waals surface area contributed by atoms with Gasteiger partial charge in [-0.1, -0.05) is 29.8 Å². The molecule has 0 bridgehead atoms. The lowest BCUT2D eigenvalue weighted by Crippen LogP contribution is -2.28. The van der Waals surface area contributed by atoms with Crippen molar-refractivity contribution in [2.24, 2.45) is 0 Å². The van der Waals surface area contributed by atoms with Gasteiger partial charge in [0.05, 0.1) is 13.5 Å². The summed E-state index contributed by atoms with van der Waals surface area (Å²) in [7, 11) is 3.44. The number of carbonyl (C=O) groups excluding carboxylic acids is 1. The Kier molecular flexibility index (Phi) is 5.10. The number of hydrogen-bond acceptors (Lipinski definition) is 2. The van der Waals surface area contributed by atoms with Crippen molar-refractivity contribution >= 4 is 17.5 Å². The molecule has 0 saturated carbocycles. The van der Waals surface area contributed by atoms with E-state index in [0.717, 1.165) is 29.7 Å². The Bertz CT molecular complexity index is 757. The Morgan fingerprint density at radius 1 is 1.17 bits per heavy atom. The first-order chi connectivity index (χ1) is 11.6. The van der Waals surface area contributed by atoms with E-state index in [2.05, 4.69) is 18.2 Å². The van der Waals surface area contributed by atoms with E-state index in [1.54, 1.807) is 18.1 Å². The van der Waals surface area contributed by atoms with Crippen LogP contribution in [0.15, 0.2) is 36.4 Å². The molecule has 1 aliphatic rings. The highest BCUT2D eigenvalue weighted by Crippen LogP contribution is 2.25. The van der Waals surface area contributed by atoms with E-state index in [-0.39, 0.29) is 5.91 Å². The van der Waals surface area contributed by atoms with Crippen LogP contribution in [0, 0.1) is 0 Å². The first-order valence-corrected chi connectivity index (χ1v) is 8.61. The second-order valence-electron chi connectivity index (χ2n) is 6.34. The molecule has 2 aromatic carbocycles. The summed E-state index contributed by atoms with van der Waals surface area (Å²) >= 11 is 6.06. The van der Waals surface area contributed by atoms with E-state index in [1.807, 2.05) is 19.2 Å². The number of carbonyl (C=O) groups is 1. The van der Waals surface area contributed by atoms with E-state index in [9.17, 15) is 4.79 Å². The Morgan fingerprint density at radius 3 is 2.75 bits per heavy atom. The van der Waals surface area contributed by atoms with E-state index in [0.29, 0.717) is 18.0 Å². The number of benzene rings is 2. The number of halogens is 1. The number of likely N-dealkylation sites (N-methyl/N-ethyl adjacent to an activating group) is 1. The van der Waals surface area contributed by atoms with E-state index in [4.69, 9.17) is 16.3 Å². The fraction of sp³-hybridized carbons (Fsp3) is 0.350. The third-order valence-electron chi connectivity index (χ3n) is 4.59. The van der Waals surface area contributed by atoms with Crippen LogP contribution in [0.3, 0.4) is 0 Å². The van der Waals surface area contributed by atoms with Crippen LogP contribution < -0.4 is 4.74 Å². The van der Waals surface area contributed by atoms with Crippen LogP contribution in [0.2, 0.25) is 5.02 Å². The van der Waals surface area contributed by atoms with E-state index in [1.165, 1.54) is 17.5 Å². The number of fused-ring (bicyclic) bond motifs is 1. The van der Waals surface area contributed by atoms with Crippen LogP contribution in [-0.4, -0.2) is 25.0 Å². The fourth-order valence-electron chi connectivity index (χ4n) is 3.26. The summed E-state index contributed by atoms with van der Waals surface area (Å²) in [4.78, 5) is 14.3. The lowest BCUT2D eigenvalue weighted by atomic mass is 10.0. The van der Waals surface area contributed by atoms with Gasteiger partial charge < -0.3 is 9.64 Å². The predicted octanol–water partition coefficient (Wildman–Crippen LogP) is 4.04. The summed E-state index contributed by atoms with van der Waals surface area (Å²) < 4.78 is 5.35. The van der Waals surface area contributed by atoms with Gasteiger partial charge in [0.15, 0.2) is 0 Å². The topological polar surface area (TPSA) is 29.5 Å². The Labute approximate surface area is 148 Å². The zero-order valence-electron chi connectivity index (χ0n) is 14.1. The number of ether oxygens (including phenoxy) is 1. The molecule has 4 heteroatoms. The highest BCUT2D eigenvalue weighted by Gasteiger charge is 2.15. The Hall–Kier alpha value is -2.00. The van der Waals surface area contributed by atoms with Crippen LogP contribution in [0.25, 0.3) is 0 Å². The lowest BCUT2D eigenvalue weighted by molar-refractivity contribution is -0.129. The molecule has 3 nitrogen and oxygen atoms in total. The van der Waals surface area contributed by atoms with Crippen molar-refractivity contribution in [2.45, 2.75) is 32.2 Å². The van der Waals surface area contributed by atoms with Gasteiger partial charge in [-0.25, -0.2) is 0 Å². The second-order valence-corrected chi connectivity index (χ2v) is 6.78. The maximum Gasteiger partial charge on any atom is 0.227 e. The summed E-state index contributed by atoms with van der Waals surface area (Å²) in [5.41, 5.74) is 4.84. The van der Waals surface area contributed by atoms with Gasteiger partial charge >= 0.3 is 0 Å². The summed E-state index contributed by atoms with van der Waals surface area (Å²) in [5.74, 6) is 0.839. The first kappa shape index (κ1) is 16.8. The molecule has 0 saturated heterocycles. The SMILES string of the molecule is COc1ccc(Cl)cc1CN(C)C(=O)Cc1ccc2c(c1)CCC2. The van der Waals surface area contributed by atoms with Gasteiger partial charge in [0.1, 0.15) is 5.75 Å². The number of aryl methyl sites for hydroxylation is 2. The predicted molar refractivity (Wildman–Crippen MR) is 96.6 cm³/mol. The number of hydrogen-bond donors (Lipinski definition) is 0. The van der Waals surface area contributed by atoms with Crippen molar-refractivity contribution in [3.8, 4) is 5.75 Å². The number of methoxy groups -OCH3 is 1. The molecule has 0 unspecified atom stereocenters. The van der Waals surface area contributed by atoms with Crippen molar-refractivity contribution in [1.29, 1.82) is 0 Å². The van der Waals surface area contributed by atoms with E-state index < -0.39 is 0 Å². The highest BCUT2D eigenvalue weighted by molar-refractivity contribution is 6.30. The van der Waals surface area contributed by atoms with Crippen molar-refractivity contribution in [3.05, 3.63) is 63.7 Å². The Morgan fingerprint density at radius 2 is 1.96 bits per heavy atom. The van der Waals surface area contributed by atoms with Crippen LogP contribution in [0.5, 0.6) is 5.75 Å². The Balaban J connectivity index is 1.68. The molecule has 0 aromatic heterocycles. The zero-order chi connectivity index (χ0) is 17.1. The van der Waals surface area contributed by atoms with Crippen LogP contribution in [0.1, 0.15) is 28.7 Å². The minimum Gasteiger partial charge on any atom is -0.496 e. The van der Waals surface area contributed by atoms with Crippen LogP contribution >= 0.6 is 11.6 Å². The first-order valence-electron chi connectivity index (χ1n) is 8.24. The van der Waals surface area contributed by atoms with Crippen molar-refractivity contribution < 1.29 is 9.53 Å². The van der Waals surface area contributed by atoms with Gasteiger partial charge in [0.2, 0.25) is 5.91 Å². The summed E-state index contributed by atoms with van der Waals surface area (Å²) in [6.45, 7) is 0.480. The van der Waals surface area contributed by atoms with Crippen LogP contribution in [0.4, 0.5) is 0 Å². The molecule has 0 fully saturated rings. The van der Waals surface area contributed by atoms with Gasteiger partial charge in [-0.2, -0.15) is 0 Å². The molecule has 0 aliphatic heterocycles. The smallest absolute Gasteiger partial charge is 0.227 e. The molecular weight excluding hydrogens is 322 g/mol. The van der Waals surface area contributed by atoms with Gasteiger partial charge in [0, 0.05) is 24.2 Å². The summed E-state index contributed by atoms with van der Waals surface area (Å²) in [6.07, 6.45) is 3.94. The van der Waals surface area contributed by atoms with Gasteiger partial charge in [-0.05, 0) is 54.2 Å². The largest absolute Gasteiger partial charge is 0.496 e. The average Bonchev–Trinajstić information content (AvgIpc) is 3.02. The molecule has 24 heavy (non-hydrogen) atoms.